The molecule has 0 fully saturated rings. The van der Waals surface area contributed by atoms with Gasteiger partial charge in [-0.1, -0.05) is 35.9 Å². The number of hydrogen-bond donors (Lipinski definition) is 2. The van der Waals surface area contributed by atoms with E-state index >= 15 is 0 Å². The lowest BCUT2D eigenvalue weighted by Gasteiger charge is -2.10. The van der Waals surface area contributed by atoms with Crippen molar-refractivity contribution in [2.45, 2.75) is 20.8 Å². The Morgan fingerprint density at radius 3 is 2.32 bits per heavy atom. The van der Waals surface area contributed by atoms with E-state index in [1.807, 2.05) is 63.2 Å². The molecule has 5 nitrogen and oxygen atoms in total. The number of carbonyl (C=O) groups is 1. The summed E-state index contributed by atoms with van der Waals surface area (Å²) in [5, 5.41) is 14.2. The van der Waals surface area contributed by atoms with Crippen molar-refractivity contribution in [2.24, 2.45) is 0 Å². The third-order valence-corrected chi connectivity index (χ3v) is 3.94. The molecule has 0 radical (unpaired) electrons. The van der Waals surface area contributed by atoms with Crippen molar-refractivity contribution in [3.8, 4) is 0 Å². The van der Waals surface area contributed by atoms with E-state index in [2.05, 4.69) is 20.8 Å². The number of hydrogen-bond acceptors (Lipinski definition) is 4. The zero-order valence-corrected chi connectivity index (χ0v) is 14.5. The molecule has 2 aromatic carbocycles. The molecule has 3 rings (SSSR count). The van der Waals surface area contributed by atoms with Crippen molar-refractivity contribution in [3.63, 3.8) is 0 Å². The topological polar surface area (TPSA) is 66.9 Å². The number of carbonyl (C=O) groups excluding carboxylic acids is 1. The fourth-order valence-electron chi connectivity index (χ4n) is 2.51. The largest absolute Gasteiger partial charge is 0.339 e. The van der Waals surface area contributed by atoms with Crippen LogP contribution >= 0.6 is 0 Å². The number of para-hydroxylation sites is 1. The molecular weight excluding hydrogens is 312 g/mol. The van der Waals surface area contributed by atoms with Gasteiger partial charge in [0.15, 0.2) is 11.5 Å². The van der Waals surface area contributed by atoms with Gasteiger partial charge in [-0.2, -0.15) is 0 Å². The van der Waals surface area contributed by atoms with Crippen LogP contribution in [0.25, 0.3) is 0 Å². The van der Waals surface area contributed by atoms with Gasteiger partial charge in [0.25, 0.3) is 5.91 Å². The van der Waals surface area contributed by atoms with Gasteiger partial charge in [0, 0.05) is 11.4 Å². The van der Waals surface area contributed by atoms with Crippen LogP contribution in [-0.4, -0.2) is 16.1 Å². The quantitative estimate of drug-likeness (QED) is 0.743. The average Bonchev–Trinajstić information content (AvgIpc) is 2.60. The predicted octanol–water partition coefficient (Wildman–Crippen LogP) is 4.40. The van der Waals surface area contributed by atoms with Gasteiger partial charge in [0.1, 0.15) is 0 Å². The van der Waals surface area contributed by atoms with E-state index in [0.29, 0.717) is 5.82 Å². The molecule has 1 amide bonds. The van der Waals surface area contributed by atoms with Crippen LogP contribution in [0.2, 0.25) is 0 Å². The monoisotopic (exact) mass is 332 g/mol. The first-order valence-corrected chi connectivity index (χ1v) is 8.08. The molecule has 0 unspecified atom stereocenters. The van der Waals surface area contributed by atoms with E-state index in [9.17, 15) is 4.79 Å². The SMILES string of the molecule is Cc1ccc(NC(=O)c2ccc(Nc3ccccc3C)nn2)c(C)c1. The Kier molecular flexibility index (Phi) is 4.75. The molecule has 3 aromatic rings. The molecule has 25 heavy (non-hydrogen) atoms. The van der Waals surface area contributed by atoms with Crippen molar-refractivity contribution in [1.82, 2.24) is 10.2 Å². The summed E-state index contributed by atoms with van der Waals surface area (Å²) in [6.07, 6.45) is 0. The van der Waals surface area contributed by atoms with Gasteiger partial charge in [-0.3, -0.25) is 4.79 Å². The minimum atomic E-state index is -0.276. The average molecular weight is 332 g/mol. The van der Waals surface area contributed by atoms with Crippen molar-refractivity contribution in [3.05, 3.63) is 77.0 Å². The van der Waals surface area contributed by atoms with Gasteiger partial charge in [-0.15, -0.1) is 10.2 Å². The van der Waals surface area contributed by atoms with Crippen LogP contribution in [0.3, 0.4) is 0 Å². The highest BCUT2D eigenvalue weighted by Crippen LogP contribution is 2.19. The summed E-state index contributed by atoms with van der Waals surface area (Å²) in [7, 11) is 0. The van der Waals surface area contributed by atoms with E-state index in [0.717, 1.165) is 28.1 Å². The highest BCUT2D eigenvalue weighted by molar-refractivity contribution is 6.03. The number of amides is 1. The maximum atomic E-state index is 12.3. The molecule has 126 valence electrons. The Morgan fingerprint density at radius 1 is 0.840 bits per heavy atom. The third kappa shape index (κ3) is 4.01. The fourth-order valence-corrected chi connectivity index (χ4v) is 2.51. The first-order valence-electron chi connectivity index (χ1n) is 8.08. The van der Waals surface area contributed by atoms with Gasteiger partial charge in [-0.05, 0) is 56.2 Å². The Bertz CT molecular complexity index is 904. The normalized spacial score (nSPS) is 10.4. The molecule has 0 bridgehead atoms. The van der Waals surface area contributed by atoms with E-state index in [4.69, 9.17) is 0 Å². The van der Waals surface area contributed by atoms with E-state index in [-0.39, 0.29) is 11.6 Å². The molecule has 1 heterocycles. The molecule has 0 aliphatic carbocycles. The van der Waals surface area contributed by atoms with Crippen molar-refractivity contribution in [2.75, 3.05) is 10.6 Å². The first kappa shape index (κ1) is 16.6. The summed E-state index contributed by atoms with van der Waals surface area (Å²) in [4.78, 5) is 12.3. The van der Waals surface area contributed by atoms with Gasteiger partial charge in [-0.25, -0.2) is 0 Å². The van der Waals surface area contributed by atoms with Gasteiger partial charge in [0.05, 0.1) is 0 Å². The molecule has 0 aliphatic heterocycles. The van der Waals surface area contributed by atoms with Crippen LogP contribution < -0.4 is 10.6 Å². The molecular formula is C20H20N4O. The number of anilines is 3. The maximum Gasteiger partial charge on any atom is 0.276 e. The Labute approximate surface area is 147 Å². The zero-order valence-electron chi connectivity index (χ0n) is 14.5. The van der Waals surface area contributed by atoms with Gasteiger partial charge < -0.3 is 10.6 Å². The van der Waals surface area contributed by atoms with Gasteiger partial charge >= 0.3 is 0 Å². The summed E-state index contributed by atoms with van der Waals surface area (Å²) < 4.78 is 0. The molecule has 0 spiro atoms. The Hall–Kier alpha value is -3.21. The number of benzene rings is 2. The number of aryl methyl sites for hydroxylation is 3. The fraction of sp³-hybridized carbons (Fsp3) is 0.150. The van der Waals surface area contributed by atoms with Gasteiger partial charge in [0.2, 0.25) is 0 Å². The summed E-state index contributed by atoms with van der Waals surface area (Å²) >= 11 is 0. The molecule has 0 atom stereocenters. The molecule has 0 saturated carbocycles. The summed E-state index contributed by atoms with van der Waals surface area (Å²) in [5.41, 5.74) is 5.29. The van der Waals surface area contributed by atoms with Crippen LogP contribution in [0.15, 0.2) is 54.6 Å². The Morgan fingerprint density at radius 2 is 1.64 bits per heavy atom. The Balaban J connectivity index is 1.71. The second-order valence-electron chi connectivity index (χ2n) is 6.02. The minimum Gasteiger partial charge on any atom is -0.339 e. The number of aromatic nitrogens is 2. The third-order valence-electron chi connectivity index (χ3n) is 3.94. The van der Waals surface area contributed by atoms with Crippen LogP contribution in [0.5, 0.6) is 0 Å². The highest BCUT2D eigenvalue weighted by Gasteiger charge is 2.10. The maximum absolute atomic E-state index is 12.3. The van der Waals surface area contributed by atoms with E-state index < -0.39 is 0 Å². The van der Waals surface area contributed by atoms with E-state index in [1.54, 1.807) is 12.1 Å². The smallest absolute Gasteiger partial charge is 0.276 e. The van der Waals surface area contributed by atoms with Crippen LogP contribution in [-0.2, 0) is 0 Å². The molecule has 1 aromatic heterocycles. The van der Waals surface area contributed by atoms with Crippen molar-refractivity contribution >= 4 is 23.1 Å². The van der Waals surface area contributed by atoms with Crippen LogP contribution in [0, 0.1) is 20.8 Å². The first-order chi connectivity index (χ1) is 12.0. The lowest BCUT2D eigenvalue weighted by molar-refractivity contribution is 0.102. The zero-order chi connectivity index (χ0) is 17.8. The minimum absolute atomic E-state index is 0.273. The summed E-state index contributed by atoms with van der Waals surface area (Å²) in [6, 6.07) is 17.2. The van der Waals surface area contributed by atoms with Crippen LogP contribution in [0.4, 0.5) is 17.2 Å². The summed E-state index contributed by atoms with van der Waals surface area (Å²) in [6.45, 7) is 6.00. The molecule has 0 aliphatic rings. The summed E-state index contributed by atoms with van der Waals surface area (Å²) in [5.74, 6) is 0.319. The lowest BCUT2D eigenvalue weighted by atomic mass is 10.1. The number of nitrogens with one attached hydrogen (secondary N) is 2. The molecule has 5 heteroatoms. The van der Waals surface area contributed by atoms with Crippen molar-refractivity contribution in [1.29, 1.82) is 0 Å². The van der Waals surface area contributed by atoms with Crippen LogP contribution in [0.1, 0.15) is 27.2 Å². The number of nitrogens with zero attached hydrogens (tertiary/aromatic N) is 2. The molecule has 2 N–H and O–H groups in total. The second kappa shape index (κ2) is 7.13. The van der Waals surface area contributed by atoms with Crippen molar-refractivity contribution < 1.29 is 4.79 Å². The standard InChI is InChI=1S/C20H20N4O/c1-13-8-9-17(15(3)12-13)22-20(25)18-10-11-19(24-23-18)21-16-7-5-4-6-14(16)2/h4-12H,1-3H3,(H,21,24)(H,22,25). The molecule has 0 saturated heterocycles. The lowest BCUT2D eigenvalue weighted by Crippen LogP contribution is -2.15. The second-order valence-corrected chi connectivity index (χ2v) is 6.02. The highest BCUT2D eigenvalue weighted by atomic mass is 16.1. The number of rotatable bonds is 4. The predicted molar refractivity (Wildman–Crippen MR) is 100 cm³/mol. The van der Waals surface area contributed by atoms with E-state index in [1.165, 1.54) is 0 Å².